The maximum atomic E-state index is 9.61. The third-order valence-corrected chi connectivity index (χ3v) is 2.62. The van der Waals surface area contributed by atoms with Crippen LogP contribution in [0.1, 0.15) is 6.92 Å². The molecule has 0 aliphatic carbocycles. The molecule has 6 nitrogen and oxygen atoms in total. The summed E-state index contributed by atoms with van der Waals surface area (Å²) in [5.74, 6) is 5.80. The molecule has 1 unspecified atom stereocenters. The average molecular weight is 281 g/mol. The van der Waals surface area contributed by atoms with Gasteiger partial charge in [-0.3, -0.25) is 0 Å². The molecule has 1 heterocycles. The Morgan fingerprint density at radius 1 is 1.41 bits per heavy atom. The molecule has 1 aromatic rings. The van der Waals surface area contributed by atoms with Gasteiger partial charge in [-0.15, -0.1) is 0 Å². The molecular formula is C9H14Cl2N4O2. The zero-order valence-corrected chi connectivity index (χ0v) is 10.7. The molecule has 1 atom stereocenters. The van der Waals surface area contributed by atoms with E-state index in [-0.39, 0.29) is 24.0 Å². The third-order valence-electron chi connectivity index (χ3n) is 2.04. The minimum absolute atomic E-state index is 0.0852. The predicted octanol–water partition coefficient (Wildman–Crippen LogP) is 0.829. The molecule has 17 heavy (non-hydrogen) atoms. The van der Waals surface area contributed by atoms with Crippen LogP contribution in [0.2, 0.25) is 10.0 Å². The lowest BCUT2D eigenvalue weighted by atomic mass is 10.1. The average Bonchev–Trinajstić information content (AvgIpc) is 2.28. The minimum atomic E-state index is -1.26. The van der Waals surface area contributed by atoms with Gasteiger partial charge < -0.3 is 21.0 Å². The van der Waals surface area contributed by atoms with Crippen molar-refractivity contribution in [2.75, 3.05) is 23.9 Å². The van der Waals surface area contributed by atoms with Gasteiger partial charge in [-0.1, -0.05) is 23.2 Å². The molecule has 0 bridgehead atoms. The highest BCUT2D eigenvalue weighted by atomic mass is 35.5. The minimum Gasteiger partial charge on any atom is -0.393 e. The lowest BCUT2D eigenvalue weighted by Crippen LogP contribution is -2.37. The van der Waals surface area contributed by atoms with Gasteiger partial charge >= 0.3 is 0 Å². The van der Waals surface area contributed by atoms with E-state index in [0.29, 0.717) is 10.8 Å². The van der Waals surface area contributed by atoms with E-state index < -0.39 is 5.60 Å². The van der Waals surface area contributed by atoms with Crippen molar-refractivity contribution in [3.63, 3.8) is 0 Å². The van der Waals surface area contributed by atoms with Crippen molar-refractivity contribution in [2.24, 2.45) is 5.84 Å². The number of nitrogen functional groups attached to an aromatic ring is 1. The lowest BCUT2D eigenvalue weighted by molar-refractivity contribution is 0.0132. The van der Waals surface area contributed by atoms with Crippen molar-refractivity contribution >= 4 is 34.8 Å². The van der Waals surface area contributed by atoms with Crippen LogP contribution in [0.15, 0.2) is 6.07 Å². The highest BCUT2D eigenvalue weighted by Gasteiger charge is 2.19. The van der Waals surface area contributed by atoms with Gasteiger partial charge in [-0.05, 0) is 13.0 Å². The molecule has 0 saturated heterocycles. The SMILES string of the molecule is CC(O)(CO)CNc1nc(NN)c(Cl)cc1Cl. The van der Waals surface area contributed by atoms with Crippen molar-refractivity contribution in [3.8, 4) is 0 Å². The highest BCUT2D eigenvalue weighted by Crippen LogP contribution is 2.28. The fourth-order valence-corrected chi connectivity index (χ4v) is 1.50. The summed E-state index contributed by atoms with van der Waals surface area (Å²) in [6, 6.07) is 1.47. The third kappa shape index (κ3) is 3.86. The van der Waals surface area contributed by atoms with E-state index in [1.165, 1.54) is 13.0 Å². The van der Waals surface area contributed by atoms with Crippen LogP contribution in [0, 0.1) is 0 Å². The summed E-state index contributed by atoms with van der Waals surface area (Å²) in [4.78, 5) is 4.02. The summed E-state index contributed by atoms with van der Waals surface area (Å²) in [5, 5.41) is 21.9. The van der Waals surface area contributed by atoms with Crippen LogP contribution in [0.4, 0.5) is 11.6 Å². The standard InChI is InChI=1S/C9H14Cl2N4O2/c1-9(17,4-16)3-13-7-5(10)2-6(11)8(14-7)15-12/h2,16-17H,3-4,12H2,1H3,(H2,13,14,15). The number of hydrogen-bond acceptors (Lipinski definition) is 6. The van der Waals surface area contributed by atoms with E-state index in [0.717, 1.165) is 0 Å². The van der Waals surface area contributed by atoms with Crippen molar-refractivity contribution in [1.29, 1.82) is 0 Å². The molecule has 1 aromatic heterocycles. The molecule has 96 valence electrons. The first kappa shape index (κ1) is 14.3. The number of nitrogens with two attached hydrogens (primary N) is 1. The molecule has 0 amide bonds. The number of aliphatic hydroxyl groups excluding tert-OH is 1. The number of hydrogen-bond donors (Lipinski definition) is 5. The Bertz CT molecular complexity index is 401. The summed E-state index contributed by atoms with van der Waals surface area (Å²) in [5.41, 5.74) is 1.06. The first-order valence-electron chi connectivity index (χ1n) is 4.79. The molecule has 1 rings (SSSR count). The van der Waals surface area contributed by atoms with Gasteiger partial charge in [0.05, 0.1) is 16.7 Å². The Labute approximate surface area is 109 Å². The number of nitrogens with one attached hydrogen (secondary N) is 2. The number of rotatable bonds is 5. The number of anilines is 2. The summed E-state index contributed by atoms with van der Waals surface area (Å²) >= 11 is 11.7. The van der Waals surface area contributed by atoms with Crippen molar-refractivity contribution in [3.05, 3.63) is 16.1 Å². The fourth-order valence-electron chi connectivity index (χ4n) is 1.02. The lowest BCUT2D eigenvalue weighted by Gasteiger charge is -2.21. The largest absolute Gasteiger partial charge is 0.393 e. The van der Waals surface area contributed by atoms with E-state index >= 15 is 0 Å². The molecule has 0 saturated carbocycles. The predicted molar refractivity (Wildman–Crippen MR) is 68.3 cm³/mol. The summed E-state index contributed by atoms with van der Waals surface area (Å²) in [6.07, 6.45) is 0. The number of nitrogens with zero attached hydrogens (tertiary/aromatic N) is 1. The maximum Gasteiger partial charge on any atom is 0.161 e. The van der Waals surface area contributed by atoms with Gasteiger partial charge in [-0.25, -0.2) is 10.8 Å². The molecular weight excluding hydrogens is 267 g/mol. The number of hydrazine groups is 1. The molecule has 8 heteroatoms. The number of halogens is 2. The first-order chi connectivity index (χ1) is 7.89. The number of aromatic nitrogens is 1. The monoisotopic (exact) mass is 280 g/mol. The number of aliphatic hydroxyl groups is 2. The quantitative estimate of drug-likeness (QED) is 0.404. The normalized spacial score (nSPS) is 14.2. The van der Waals surface area contributed by atoms with Gasteiger partial charge in [-0.2, -0.15) is 0 Å². The Morgan fingerprint density at radius 2 is 2.00 bits per heavy atom. The molecule has 0 radical (unpaired) electrons. The first-order valence-corrected chi connectivity index (χ1v) is 5.55. The second kappa shape index (κ2) is 5.70. The van der Waals surface area contributed by atoms with Crippen LogP contribution < -0.4 is 16.6 Å². The topological polar surface area (TPSA) is 103 Å². The Balaban J connectivity index is 2.84. The van der Waals surface area contributed by atoms with Gasteiger partial charge in [0.2, 0.25) is 0 Å². The zero-order valence-electron chi connectivity index (χ0n) is 9.17. The van der Waals surface area contributed by atoms with Crippen molar-refractivity contribution < 1.29 is 10.2 Å². The molecule has 0 aliphatic heterocycles. The van der Waals surface area contributed by atoms with E-state index in [9.17, 15) is 5.11 Å². The highest BCUT2D eigenvalue weighted by molar-refractivity contribution is 6.37. The Kier molecular flexibility index (Phi) is 4.79. The van der Waals surface area contributed by atoms with E-state index in [4.69, 9.17) is 34.2 Å². The Hall–Kier alpha value is -0.790. The van der Waals surface area contributed by atoms with Gasteiger partial charge in [0, 0.05) is 6.54 Å². The molecule has 0 aromatic carbocycles. The van der Waals surface area contributed by atoms with Crippen LogP contribution in [0.5, 0.6) is 0 Å². The van der Waals surface area contributed by atoms with Crippen molar-refractivity contribution in [2.45, 2.75) is 12.5 Å². The second-order valence-corrected chi connectivity index (χ2v) is 4.62. The maximum absolute atomic E-state index is 9.61. The molecule has 0 aliphatic rings. The van der Waals surface area contributed by atoms with Crippen LogP contribution in [-0.2, 0) is 0 Å². The molecule has 0 spiro atoms. The van der Waals surface area contributed by atoms with Crippen LogP contribution in [0.25, 0.3) is 0 Å². The van der Waals surface area contributed by atoms with E-state index in [1.807, 2.05) is 0 Å². The Morgan fingerprint density at radius 3 is 2.53 bits per heavy atom. The number of pyridine rings is 1. The van der Waals surface area contributed by atoms with Crippen LogP contribution in [0.3, 0.4) is 0 Å². The molecule has 6 N–H and O–H groups in total. The zero-order chi connectivity index (χ0) is 13.1. The fraction of sp³-hybridized carbons (Fsp3) is 0.444. The van der Waals surface area contributed by atoms with Gasteiger partial charge in [0.25, 0.3) is 0 Å². The van der Waals surface area contributed by atoms with Crippen LogP contribution >= 0.6 is 23.2 Å². The smallest absolute Gasteiger partial charge is 0.161 e. The van der Waals surface area contributed by atoms with Crippen molar-refractivity contribution in [1.82, 2.24) is 4.98 Å². The molecule has 0 fully saturated rings. The summed E-state index contributed by atoms with van der Waals surface area (Å²) < 4.78 is 0. The van der Waals surface area contributed by atoms with Crippen LogP contribution in [-0.4, -0.2) is 33.9 Å². The second-order valence-electron chi connectivity index (χ2n) is 3.80. The van der Waals surface area contributed by atoms with E-state index in [2.05, 4.69) is 15.7 Å². The van der Waals surface area contributed by atoms with Gasteiger partial charge in [0.1, 0.15) is 11.4 Å². The summed E-state index contributed by atoms with van der Waals surface area (Å²) in [7, 11) is 0. The van der Waals surface area contributed by atoms with E-state index in [1.54, 1.807) is 0 Å². The van der Waals surface area contributed by atoms with Gasteiger partial charge in [0.15, 0.2) is 5.82 Å². The summed E-state index contributed by atoms with van der Waals surface area (Å²) in [6.45, 7) is 1.18.